The molecular weight excluding hydrogens is 278 g/mol. The molecule has 0 spiro atoms. The van der Waals surface area contributed by atoms with Crippen LogP contribution in [0, 0.1) is 6.92 Å². The smallest absolute Gasteiger partial charge is 0.256 e. The van der Waals surface area contributed by atoms with E-state index in [0.717, 1.165) is 18.8 Å². The van der Waals surface area contributed by atoms with E-state index >= 15 is 0 Å². The van der Waals surface area contributed by atoms with Gasteiger partial charge in [-0.05, 0) is 39.8 Å². The summed E-state index contributed by atoms with van der Waals surface area (Å²) in [6.45, 7) is 13.0. The summed E-state index contributed by atoms with van der Waals surface area (Å²) in [6.07, 6.45) is 3.85. The largest absolute Gasteiger partial charge is 0.361 e. The Morgan fingerprint density at radius 2 is 1.95 bits per heavy atom. The first kappa shape index (κ1) is 17.0. The summed E-state index contributed by atoms with van der Waals surface area (Å²) in [7, 11) is 0. The van der Waals surface area contributed by atoms with Crippen LogP contribution in [0.1, 0.15) is 68.8 Å². The summed E-state index contributed by atoms with van der Waals surface area (Å²) in [5.41, 5.74) is 1.12. The van der Waals surface area contributed by atoms with E-state index in [-0.39, 0.29) is 11.3 Å². The Labute approximate surface area is 133 Å². The SMILES string of the molecule is Cc1onc(C(C)(C)C)c1C(=O)NCC(C)N1CCCCC1. The number of hydrogen-bond acceptors (Lipinski definition) is 4. The standard InChI is InChI=1S/C17H29N3O2/c1-12(20-9-7-6-8-10-20)11-18-16(21)14-13(2)22-19-15(14)17(3,4)5/h12H,6-11H2,1-5H3,(H,18,21). The molecule has 1 fully saturated rings. The maximum absolute atomic E-state index is 12.6. The van der Waals surface area contributed by atoms with Crippen molar-refractivity contribution < 1.29 is 9.32 Å². The molecule has 0 saturated carbocycles. The molecule has 1 aliphatic rings. The molecule has 0 aliphatic carbocycles. The lowest BCUT2D eigenvalue weighted by Crippen LogP contribution is -2.44. The average Bonchev–Trinajstić information content (AvgIpc) is 2.87. The fourth-order valence-electron chi connectivity index (χ4n) is 2.97. The Morgan fingerprint density at radius 3 is 2.55 bits per heavy atom. The molecule has 1 amide bonds. The van der Waals surface area contributed by atoms with Gasteiger partial charge in [0, 0.05) is 18.0 Å². The van der Waals surface area contributed by atoms with Crippen LogP contribution in [0.2, 0.25) is 0 Å². The van der Waals surface area contributed by atoms with E-state index in [9.17, 15) is 4.79 Å². The van der Waals surface area contributed by atoms with E-state index in [1.165, 1.54) is 19.3 Å². The first-order chi connectivity index (χ1) is 10.3. The quantitative estimate of drug-likeness (QED) is 0.929. The molecule has 1 aromatic rings. The van der Waals surface area contributed by atoms with Crippen LogP contribution >= 0.6 is 0 Å². The predicted octanol–water partition coefficient (Wildman–Crippen LogP) is 2.88. The number of aromatic nitrogens is 1. The molecule has 1 unspecified atom stereocenters. The van der Waals surface area contributed by atoms with E-state index in [1.807, 2.05) is 20.8 Å². The van der Waals surface area contributed by atoms with E-state index < -0.39 is 0 Å². The molecule has 1 saturated heterocycles. The van der Waals surface area contributed by atoms with Crippen molar-refractivity contribution in [2.75, 3.05) is 19.6 Å². The Kier molecular flexibility index (Phi) is 5.27. The summed E-state index contributed by atoms with van der Waals surface area (Å²) in [6, 6.07) is 0.363. The normalized spacial score (nSPS) is 18.2. The zero-order valence-electron chi connectivity index (χ0n) is 14.5. The minimum Gasteiger partial charge on any atom is -0.361 e. The highest BCUT2D eigenvalue weighted by Crippen LogP contribution is 2.26. The van der Waals surface area contributed by atoms with Gasteiger partial charge < -0.3 is 9.84 Å². The fraction of sp³-hybridized carbons (Fsp3) is 0.765. The molecule has 5 heteroatoms. The molecule has 0 radical (unpaired) electrons. The van der Waals surface area contributed by atoms with Gasteiger partial charge in [0.2, 0.25) is 0 Å². The molecule has 5 nitrogen and oxygen atoms in total. The number of aryl methyl sites for hydroxylation is 1. The predicted molar refractivity (Wildman–Crippen MR) is 87.2 cm³/mol. The number of rotatable bonds is 4. The van der Waals surface area contributed by atoms with Crippen LogP contribution in [0.15, 0.2) is 4.52 Å². The lowest BCUT2D eigenvalue weighted by Gasteiger charge is -2.32. The average molecular weight is 307 g/mol. The van der Waals surface area contributed by atoms with Gasteiger partial charge in [0.1, 0.15) is 17.0 Å². The molecule has 0 aromatic carbocycles. The van der Waals surface area contributed by atoms with Crippen molar-refractivity contribution in [2.45, 2.75) is 65.3 Å². The van der Waals surface area contributed by atoms with Gasteiger partial charge in [0.15, 0.2) is 0 Å². The number of likely N-dealkylation sites (tertiary alicyclic amines) is 1. The highest BCUT2D eigenvalue weighted by molar-refractivity contribution is 5.96. The molecule has 22 heavy (non-hydrogen) atoms. The minimum absolute atomic E-state index is 0.0764. The number of piperidine rings is 1. The second-order valence-corrected chi connectivity index (χ2v) is 7.37. The zero-order valence-corrected chi connectivity index (χ0v) is 14.5. The summed E-state index contributed by atoms with van der Waals surface area (Å²) in [5, 5.41) is 7.13. The van der Waals surface area contributed by atoms with Crippen molar-refractivity contribution in [3.8, 4) is 0 Å². The van der Waals surface area contributed by atoms with Crippen molar-refractivity contribution in [1.82, 2.24) is 15.4 Å². The second kappa shape index (κ2) is 6.82. The van der Waals surface area contributed by atoms with Gasteiger partial charge in [-0.2, -0.15) is 0 Å². The van der Waals surface area contributed by atoms with E-state index in [2.05, 4.69) is 22.3 Å². The summed E-state index contributed by atoms with van der Waals surface area (Å²) >= 11 is 0. The first-order valence-corrected chi connectivity index (χ1v) is 8.29. The third-order valence-electron chi connectivity index (χ3n) is 4.37. The number of carbonyl (C=O) groups excluding carboxylic acids is 1. The Hall–Kier alpha value is -1.36. The fourth-order valence-corrected chi connectivity index (χ4v) is 2.97. The van der Waals surface area contributed by atoms with Crippen LogP contribution in [0.4, 0.5) is 0 Å². The number of nitrogens with zero attached hydrogens (tertiary/aromatic N) is 2. The third-order valence-corrected chi connectivity index (χ3v) is 4.37. The van der Waals surface area contributed by atoms with Crippen LogP contribution in [0.5, 0.6) is 0 Å². The van der Waals surface area contributed by atoms with E-state index in [4.69, 9.17) is 4.52 Å². The molecular formula is C17H29N3O2. The van der Waals surface area contributed by atoms with Crippen LogP contribution in [-0.2, 0) is 5.41 Å². The number of amides is 1. The molecule has 2 rings (SSSR count). The number of carbonyl (C=O) groups is 1. The molecule has 0 bridgehead atoms. The molecule has 1 aromatic heterocycles. The van der Waals surface area contributed by atoms with Gasteiger partial charge in [-0.3, -0.25) is 9.69 Å². The highest BCUT2D eigenvalue weighted by Gasteiger charge is 2.29. The monoisotopic (exact) mass is 307 g/mol. The van der Waals surface area contributed by atoms with Crippen molar-refractivity contribution in [3.05, 3.63) is 17.0 Å². The molecule has 1 aliphatic heterocycles. The van der Waals surface area contributed by atoms with Crippen LogP contribution in [0.3, 0.4) is 0 Å². The third kappa shape index (κ3) is 3.88. The van der Waals surface area contributed by atoms with Crippen LogP contribution in [-0.4, -0.2) is 41.6 Å². The van der Waals surface area contributed by atoms with Crippen molar-refractivity contribution >= 4 is 5.91 Å². The Bertz CT molecular complexity index is 510. The van der Waals surface area contributed by atoms with Gasteiger partial charge in [-0.15, -0.1) is 0 Å². The Morgan fingerprint density at radius 1 is 1.32 bits per heavy atom. The second-order valence-electron chi connectivity index (χ2n) is 7.37. The van der Waals surface area contributed by atoms with E-state index in [0.29, 0.717) is 23.9 Å². The zero-order chi connectivity index (χ0) is 16.3. The van der Waals surface area contributed by atoms with Gasteiger partial charge >= 0.3 is 0 Å². The molecule has 1 N–H and O–H groups in total. The van der Waals surface area contributed by atoms with Gasteiger partial charge in [0.05, 0.1) is 0 Å². The lowest BCUT2D eigenvalue weighted by molar-refractivity contribution is 0.0926. The van der Waals surface area contributed by atoms with Crippen LogP contribution in [0.25, 0.3) is 0 Å². The first-order valence-electron chi connectivity index (χ1n) is 8.29. The summed E-state index contributed by atoms with van der Waals surface area (Å²) in [5.74, 6) is 0.514. The summed E-state index contributed by atoms with van der Waals surface area (Å²) < 4.78 is 5.25. The molecule has 2 heterocycles. The maximum Gasteiger partial charge on any atom is 0.256 e. The van der Waals surface area contributed by atoms with Crippen molar-refractivity contribution in [1.29, 1.82) is 0 Å². The molecule has 124 valence electrons. The van der Waals surface area contributed by atoms with Crippen LogP contribution < -0.4 is 5.32 Å². The van der Waals surface area contributed by atoms with Gasteiger partial charge in [-0.1, -0.05) is 32.3 Å². The Balaban J connectivity index is 1.99. The molecule has 1 atom stereocenters. The number of nitrogens with one attached hydrogen (secondary N) is 1. The maximum atomic E-state index is 12.6. The van der Waals surface area contributed by atoms with Gasteiger partial charge in [0.25, 0.3) is 5.91 Å². The number of hydrogen-bond donors (Lipinski definition) is 1. The van der Waals surface area contributed by atoms with Gasteiger partial charge in [-0.25, -0.2) is 0 Å². The topological polar surface area (TPSA) is 58.4 Å². The van der Waals surface area contributed by atoms with Crippen molar-refractivity contribution in [3.63, 3.8) is 0 Å². The van der Waals surface area contributed by atoms with Crippen molar-refractivity contribution in [2.24, 2.45) is 0 Å². The van der Waals surface area contributed by atoms with E-state index in [1.54, 1.807) is 6.92 Å². The summed E-state index contributed by atoms with van der Waals surface area (Å²) in [4.78, 5) is 15.0. The minimum atomic E-state index is -0.205. The lowest BCUT2D eigenvalue weighted by atomic mass is 9.88. The highest BCUT2D eigenvalue weighted by atomic mass is 16.5.